The second kappa shape index (κ2) is 9.85. The third-order valence-electron chi connectivity index (χ3n) is 4.42. The number of ether oxygens (including phenoxy) is 1. The van der Waals surface area contributed by atoms with Gasteiger partial charge in [-0.1, -0.05) is 62.4 Å². The molecule has 2 aromatic carbocycles. The summed E-state index contributed by atoms with van der Waals surface area (Å²) in [6.07, 6.45) is 2.39. The minimum absolute atomic E-state index is 0.167. The molecule has 0 aliphatic rings. The number of methoxy groups -OCH3 is 1. The quantitative estimate of drug-likeness (QED) is 0.601. The summed E-state index contributed by atoms with van der Waals surface area (Å²) in [6.45, 7) is 4.91. The molecule has 0 unspecified atom stereocenters. The maximum absolute atomic E-state index is 12.3. The largest absolute Gasteiger partial charge is 0.469 e. The van der Waals surface area contributed by atoms with Crippen molar-refractivity contribution in [2.24, 2.45) is 5.92 Å². The summed E-state index contributed by atoms with van der Waals surface area (Å²) in [5.74, 6) is 0.259. The molecule has 2 rings (SSSR count). The van der Waals surface area contributed by atoms with Crippen molar-refractivity contribution in [3.05, 3.63) is 70.8 Å². The van der Waals surface area contributed by atoms with E-state index in [1.807, 2.05) is 36.4 Å². The van der Waals surface area contributed by atoms with Crippen LogP contribution in [-0.4, -0.2) is 32.1 Å². The lowest BCUT2D eigenvalue weighted by atomic mass is 10.0. The Bertz CT molecular complexity index is 889. The standard InChI is InChI=1S/C22H29NO4S/c1-17(2)12-18-8-10-19(11-9-18)15-23(28(4,25)26)16-21-7-5-6-20(13-21)14-22(24)27-3/h5-11,13,17H,12,14-16H2,1-4H3. The third-order valence-corrected chi connectivity index (χ3v) is 5.62. The van der Waals surface area contributed by atoms with Gasteiger partial charge in [0.05, 0.1) is 19.8 Å². The van der Waals surface area contributed by atoms with Crippen LogP contribution < -0.4 is 0 Å². The van der Waals surface area contributed by atoms with Gasteiger partial charge in [-0.05, 0) is 34.6 Å². The van der Waals surface area contributed by atoms with Crippen LogP contribution in [0.25, 0.3) is 0 Å². The summed E-state index contributed by atoms with van der Waals surface area (Å²) in [7, 11) is -2.04. The van der Waals surface area contributed by atoms with Gasteiger partial charge in [-0.15, -0.1) is 0 Å². The van der Waals surface area contributed by atoms with Crippen LogP contribution >= 0.6 is 0 Å². The Morgan fingerprint density at radius 2 is 1.54 bits per heavy atom. The lowest BCUT2D eigenvalue weighted by Gasteiger charge is -2.21. The van der Waals surface area contributed by atoms with Crippen molar-refractivity contribution in [2.75, 3.05) is 13.4 Å². The third kappa shape index (κ3) is 7.09. The van der Waals surface area contributed by atoms with E-state index in [4.69, 9.17) is 4.74 Å². The van der Waals surface area contributed by atoms with Crippen molar-refractivity contribution in [3.8, 4) is 0 Å². The van der Waals surface area contributed by atoms with Gasteiger partial charge in [0.25, 0.3) is 0 Å². The zero-order valence-corrected chi connectivity index (χ0v) is 17.8. The number of hydrogen-bond donors (Lipinski definition) is 0. The van der Waals surface area contributed by atoms with Crippen molar-refractivity contribution in [1.82, 2.24) is 4.31 Å². The lowest BCUT2D eigenvalue weighted by molar-refractivity contribution is -0.139. The Kier molecular flexibility index (Phi) is 7.78. The molecule has 0 N–H and O–H groups in total. The molecule has 5 nitrogen and oxygen atoms in total. The Hall–Kier alpha value is -2.18. The zero-order valence-electron chi connectivity index (χ0n) is 17.0. The molecule has 2 aromatic rings. The van der Waals surface area contributed by atoms with Crippen molar-refractivity contribution >= 4 is 16.0 Å². The van der Waals surface area contributed by atoms with Crippen LogP contribution in [0.2, 0.25) is 0 Å². The molecular weight excluding hydrogens is 374 g/mol. The van der Waals surface area contributed by atoms with Gasteiger partial charge in [0.2, 0.25) is 10.0 Å². The van der Waals surface area contributed by atoms with E-state index in [2.05, 4.69) is 26.0 Å². The number of carbonyl (C=O) groups excluding carboxylic acids is 1. The van der Waals surface area contributed by atoms with E-state index in [1.165, 1.54) is 23.2 Å². The van der Waals surface area contributed by atoms with E-state index >= 15 is 0 Å². The second-order valence-corrected chi connectivity index (χ2v) is 9.50. The van der Waals surface area contributed by atoms with Gasteiger partial charge >= 0.3 is 5.97 Å². The summed E-state index contributed by atoms with van der Waals surface area (Å²) in [6, 6.07) is 15.5. The molecule has 0 radical (unpaired) electrons. The fourth-order valence-electron chi connectivity index (χ4n) is 3.03. The van der Waals surface area contributed by atoms with Gasteiger partial charge in [0.1, 0.15) is 0 Å². The van der Waals surface area contributed by atoms with E-state index in [9.17, 15) is 13.2 Å². The van der Waals surface area contributed by atoms with Gasteiger partial charge in [-0.25, -0.2) is 8.42 Å². The number of carbonyl (C=O) groups is 1. The molecule has 0 saturated carbocycles. The SMILES string of the molecule is COC(=O)Cc1cccc(CN(Cc2ccc(CC(C)C)cc2)S(C)(=O)=O)c1. The minimum atomic E-state index is -3.39. The number of rotatable bonds is 9. The van der Waals surface area contributed by atoms with Crippen molar-refractivity contribution in [1.29, 1.82) is 0 Å². The summed E-state index contributed by atoms with van der Waals surface area (Å²) >= 11 is 0. The van der Waals surface area contributed by atoms with Crippen LogP contribution in [0.3, 0.4) is 0 Å². The Morgan fingerprint density at radius 1 is 0.964 bits per heavy atom. The van der Waals surface area contributed by atoms with Crippen LogP contribution in [0, 0.1) is 5.92 Å². The molecule has 0 fully saturated rings. The maximum Gasteiger partial charge on any atom is 0.309 e. The fraction of sp³-hybridized carbons (Fsp3) is 0.409. The van der Waals surface area contributed by atoms with Crippen LogP contribution in [0.5, 0.6) is 0 Å². The highest BCUT2D eigenvalue weighted by molar-refractivity contribution is 7.88. The van der Waals surface area contributed by atoms with E-state index in [-0.39, 0.29) is 18.9 Å². The molecular formula is C22H29NO4S. The average Bonchev–Trinajstić information content (AvgIpc) is 2.61. The number of nitrogens with zero attached hydrogens (tertiary/aromatic N) is 1. The molecule has 0 bridgehead atoms. The van der Waals surface area contributed by atoms with Crippen LogP contribution in [0.1, 0.15) is 36.1 Å². The monoisotopic (exact) mass is 403 g/mol. The molecule has 0 atom stereocenters. The normalized spacial score (nSPS) is 11.8. The smallest absolute Gasteiger partial charge is 0.309 e. The first kappa shape index (κ1) is 22.1. The van der Waals surface area contributed by atoms with Crippen LogP contribution in [0.15, 0.2) is 48.5 Å². The molecule has 6 heteroatoms. The summed E-state index contributed by atoms with van der Waals surface area (Å²) in [5, 5.41) is 0. The Balaban J connectivity index is 2.14. The van der Waals surface area contributed by atoms with E-state index in [1.54, 1.807) is 0 Å². The van der Waals surface area contributed by atoms with E-state index in [0.717, 1.165) is 23.1 Å². The van der Waals surface area contributed by atoms with Gasteiger partial charge < -0.3 is 4.74 Å². The first-order valence-electron chi connectivity index (χ1n) is 9.35. The number of sulfonamides is 1. The van der Waals surface area contributed by atoms with Crippen LogP contribution in [-0.2, 0) is 45.5 Å². The van der Waals surface area contributed by atoms with Crippen molar-refractivity contribution in [3.63, 3.8) is 0 Å². The van der Waals surface area contributed by atoms with Crippen LogP contribution in [0.4, 0.5) is 0 Å². The summed E-state index contributed by atoms with van der Waals surface area (Å²) < 4.78 is 30.8. The van der Waals surface area contributed by atoms with E-state index in [0.29, 0.717) is 12.5 Å². The highest BCUT2D eigenvalue weighted by atomic mass is 32.2. The zero-order chi connectivity index (χ0) is 20.7. The molecule has 0 heterocycles. The van der Waals surface area contributed by atoms with Gasteiger partial charge in [-0.2, -0.15) is 4.31 Å². The lowest BCUT2D eigenvalue weighted by Crippen LogP contribution is -2.29. The molecule has 0 aromatic heterocycles. The molecule has 0 saturated heterocycles. The Labute approximate surface area is 168 Å². The number of hydrogen-bond acceptors (Lipinski definition) is 4. The van der Waals surface area contributed by atoms with E-state index < -0.39 is 10.0 Å². The molecule has 28 heavy (non-hydrogen) atoms. The summed E-state index contributed by atoms with van der Waals surface area (Å²) in [5.41, 5.74) is 3.84. The number of benzene rings is 2. The maximum atomic E-state index is 12.3. The van der Waals surface area contributed by atoms with Crippen molar-refractivity contribution in [2.45, 2.75) is 39.8 Å². The average molecular weight is 404 g/mol. The molecule has 0 aliphatic heterocycles. The fourth-order valence-corrected chi connectivity index (χ4v) is 3.79. The minimum Gasteiger partial charge on any atom is -0.469 e. The first-order valence-corrected chi connectivity index (χ1v) is 11.2. The summed E-state index contributed by atoms with van der Waals surface area (Å²) in [4.78, 5) is 11.5. The molecule has 0 amide bonds. The second-order valence-electron chi connectivity index (χ2n) is 7.52. The first-order chi connectivity index (χ1) is 13.2. The number of esters is 1. The predicted octanol–water partition coefficient (Wildman–Crippen LogP) is 3.56. The van der Waals surface area contributed by atoms with Gasteiger partial charge in [0.15, 0.2) is 0 Å². The van der Waals surface area contributed by atoms with Gasteiger partial charge in [-0.3, -0.25) is 4.79 Å². The molecule has 152 valence electrons. The van der Waals surface area contributed by atoms with Crippen molar-refractivity contribution < 1.29 is 17.9 Å². The molecule has 0 spiro atoms. The van der Waals surface area contributed by atoms with Gasteiger partial charge in [0, 0.05) is 13.1 Å². The molecule has 0 aliphatic carbocycles. The Morgan fingerprint density at radius 3 is 2.11 bits per heavy atom. The highest BCUT2D eigenvalue weighted by Gasteiger charge is 2.18. The predicted molar refractivity (Wildman–Crippen MR) is 111 cm³/mol. The highest BCUT2D eigenvalue weighted by Crippen LogP contribution is 2.17. The topological polar surface area (TPSA) is 63.7 Å².